The highest BCUT2D eigenvalue weighted by Gasteiger charge is 2.21. The third kappa shape index (κ3) is 1.59. The molecular formula is C4H10ClNO2. The van der Waals surface area contributed by atoms with Crippen LogP contribution >= 0.6 is 12.4 Å². The van der Waals surface area contributed by atoms with E-state index in [0.29, 0.717) is 13.2 Å². The third-order valence-corrected chi connectivity index (χ3v) is 1.09. The van der Waals surface area contributed by atoms with E-state index in [1.54, 1.807) is 0 Å². The predicted molar refractivity (Wildman–Crippen MR) is 32.0 cm³/mol. The first-order chi connectivity index (χ1) is 3.30. The Morgan fingerprint density at radius 2 is 2.12 bits per heavy atom. The van der Waals surface area contributed by atoms with Gasteiger partial charge in [-0.2, -0.15) is 0 Å². The van der Waals surface area contributed by atoms with Gasteiger partial charge < -0.3 is 15.6 Å². The molecular weight excluding hydrogens is 130 g/mol. The number of nitrogens with two attached hydrogens (primary N) is 1. The van der Waals surface area contributed by atoms with Gasteiger partial charge in [0.2, 0.25) is 0 Å². The maximum absolute atomic E-state index is 8.75. The average Bonchev–Trinajstić information content (AvgIpc) is 1.91. The van der Waals surface area contributed by atoms with Crippen molar-refractivity contribution in [1.82, 2.24) is 0 Å². The van der Waals surface area contributed by atoms with Crippen LogP contribution in [0.2, 0.25) is 0 Å². The van der Waals surface area contributed by atoms with Crippen LogP contribution in [0.25, 0.3) is 0 Å². The summed E-state index contributed by atoms with van der Waals surface area (Å²) in [6.07, 6.45) is -0.431. The fourth-order valence-corrected chi connectivity index (χ4v) is 0.560. The maximum Gasteiger partial charge on any atom is 0.0946 e. The van der Waals surface area contributed by atoms with Crippen molar-refractivity contribution < 1.29 is 9.84 Å². The Labute approximate surface area is 54.2 Å². The molecule has 0 aromatic heterocycles. The molecule has 0 unspecified atom stereocenters. The van der Waals surface area contributed by atoms with Crippen molar-refractivity contribution in [2.45, 2.75) is 12.1 Å². The van der Waals surface area contributed by atoms with E-state index in [-0.39, 0.29) is 18.4 Å². The molecule has 0 bridgehead atoms. The van der Waals surface area contributed by atoms with Gasteiger partial charge >= 0.3 is 0 Å². The first kappa shape index (κ1) is 8.17. The Kier molecular flexibility index (Phi) is 3.31. The lowest BCUT2D eigenvalue weighted by atomic mass is 10.2. The van der Waals surface area contributed by atoms with Crippen molar-refractivity contribution in [3.8, 4) is 0 Å². The maximum atomic E-state index is 8.75. The van der Waals surface area contributed by atoms with Gasteiger partial charge in [0.15, 0.2) is 0 Å². The van der Waals surface area contributed by atoms with Gasteiger partial charge in [-0.15, -0.1) is 12.4 Å². The molecule has 0 aromatic rings. The summed E-state index contributed by atoms with van der Waals surface area (Å²) >= 11 is 0. The Bertz CT molecular complexity index is 63.1. The third-order valence-electron chi connectivity index (χ3n) is 1.09. The number of rotatable bonds is 0. The molecule has 0 spiro atoms. The van der Waals surface area contributed by atoms with Gasteiger partial charge in [-0.25, -0.2) is 0 Å². The van der Waals surface area contributed by atoms with Crippen LogP contribution in [-0.2, 0) is 4.74 Å². The lowest BCUT2D eigenvalue weighted by Gasteiger charge is -2.01. The zero-order valence-electron chi connectivity index (χ0n) is 4.41. The highest BCUT2D eigenvalue weighted by Crippen LogP contribution is 2.00. The van der Waals surface area contributed by atoms with Gasteiger partial charge in [0, 0.05) is 0 Å². The molecule has 0 aliphatic carbocycles. The SMILES string of the molecule is Cl.N[C@H]1COC[C@H]1O. The monoisotopic (exact) mass is 139 g/mol. The van der Waals surface area contributed by atoms with Crippen molar-refractivity contribution in [1.29, 1.82) is 0 Å². The summed E-state index contributed by atoms with van der Waals surface area (Å²) in [5, 5.41) is 8.75. The molecule has 0 aromatic carbocycles. The molecule has 1 aliphatic heterocycles. The Morgan fingerprint density at radius 1 is 1.50 bits per heavy atom. The lowest BCUT2D eigenvalue weighted by molar-refractivity contribution is 0.125. The van der Waals surface area contributed by atoms with Crippen LogP contribution in [0.1, 0.15) is 0 Å². The van der Waals surface area contributed by atoms with Crippen LogP contribution in [0.4, 0.5) is 0 Å². The molecule has 2 atom stereocenters. The van der Waals surface area contributed by atoms with Gasteiger partial charge in [-0.05, 0) is 0 Å². The molecule has 0 radical (unpaired) electrons. The van der Waals surface area contributed by atoms with E-state index in [1.807, 2.05) is 0 Å². The first-order valence-electron chi connectivity index (χ1n) is 2.32. The normalized spacial score (nSPS) is 36.8. The van der Waals surface area contributed by atoms with E-state index in [1.165, 1.54) is 0 Å². The first-order valence-corrected chi connectivity index (χ1v) is 2.32. The lowest BCUT2D eigenvalue weighted by Crippen LogP contribution is -2.32. The van der Waals surface area contributed by atoms with Crippen molar-refractivity contribution in [3.05, 3.63) is 0 Å². The molecule has 1 fully saturated rings. The molecule has 3 nitrogen and oxygen atoms in total. The van der Waals surface area contributed by atoms with Gasteiger partial charge in [0.25, 0.3) is 0 Å². The van der Waals surface area contributed by atoms with Gasteiger partial charge in [-0.3, -0.25) is 0 Å². The van der Waals surface area contributed by atoms with Crippen LogP contribution in [0.5, 0.6) is 0 Å². The molecule has 1 rings (SSSR count). The molecule has 3 N–H and O–H groups in total. The van der Waals surface area contributed by atoms with Gasteiger partial charge in [-0.1, -0.05) is 0 Å². The molecule has 1 aliphatic rings. The minimum absolute atomic E-state index is 0. The van der Waals surface area contributed by atoms with E-state index in [4.69, 9.17) is 15.6 Å². The van der Waals surface area contributed by atoms with Crippen LogP contribution in [0.3, 0.4) is 0 Å². The second-order valence-corrected chi connectivity index (χ2v) is 1.77. The van der Waals surface area contributed by atoms with E-state index in [0.717, 1.165) is 0 Å². The highest BCUT2D eigenvalue weighted by atomic mass is 35.5. The van der Waals surface area contributed by atoms with Gasteiger partial charge in [0.1, 0.15) is 0 Å². The number of aliphatic hydroxyl groups excluding tert-OH is 1. The van der Waals surface area contributed by atoms with Gasteiger partial charge in [0.05, 0.1) is 25.4 Å². The average molecular weight is 140 g/mol. The Hall–Kier alpha value is 0.170. The fraction of sp³-hybridized carbons (Fsp3) is 1.00. The van der Waals surface area contributed by atoms with Crippen LogP contribution in [0, 0.1) is 0 Å². The number of hydrogen-bond acceptors (Lipinski definition) is 3. The summed E-state index contributed by atoms with van der Waals surface area (Å²) in [4.78, 5) is 0. The minimum atomic E-state index is -0.431. The second kappa shape index (κ2) is 3.25. The molecule has 4 heteroatoms. The van der Waals surface area contributed by atoms with E-state index in [2.05, 4.69) is 0 Å². The highest BCUT2D eigenvalue weighted by molar-refractivity contribution is 5.85. The van der Waals surface area contributed by atoms with Crippen molar-refractivity contribution >= 4 is 12.4 Å². The zero-order chi connectivity index (χ0) is 5.28. The topological polar surface area (TPSA) is 55.5 Å². The van der Waals surface area contributed by atoms with Crippen molar-refractivity contribution in [2.24, 2.45) is 5.73 Å². The Morgan fingerprint density at radius 3 is 2.25 bits per heavy atom. The number of ether oxygens (including phenoxy) is 1. The second-order valence-electron chi connectivity index (χ2n) is 1.77. The molecule has 0 amide bonds. The molecule has 1 heterocycles. The summed E-state index contributed by atoms with van der Waals surface area (Å²) < 4.78 is 4.79. The summed E-state index contributed by atoms with van der Waals surface area (Å²) in [5.74, 6) is 0. The van der Waals surface area contributed by atoms with Crippen molar-refractivity contribution in [2.75, 3.05) is 13.2 Å². The summed E-state index contributed by atoms with van der Waals surface area (Å²) in [5.41, 5.74) is 5.30. The summed E-state index contributed by atoms with van der Waals surface area (Å²) in [7, 11) is 0. The van der Waals surface area contributed by atoms with E-state index >= 15 is 0 Å². The molecule has 1 saturated heterocycles. The number of halogens is 1. The predicted octanol–water partition coefficient (Wildman–Crippen LogP) is -0.873. The Balaban J connectivity index is 0.000000490. The van der Waals surface area contributed by atoms with Crippen LogP contribution in [-0.4, -0.2) is 30.5 Å². The van der Waals surface area contributed by atoms with Crippen molar-refractivity contribution in [3.63, 3.8) is 0 Å². The number of aliphatic hydroxyl groups is 1. The quantitative estimate of drug-likeness (QED) is 0.459. The van der Waals surface area contributed by atoms with Crippen LogP contribution < -0.4 is 5.73 Å². The van der Waals surface area contributed by atoms with Crippen LogP contribution in [0.15, 0.2) is 0 Å². The van der Waals surface area contributed by atoms with E-state index < -0.39 is 6.10 Å². The largest absolute Gasteiger partial charge is 0.389 e. The summed E-state index contributed by atoms with van der Waals surface area (Å²) in [6.45, 7) is 0.905. The zero-order valence-corrected chi connectivity index (χ0v) is 5.23. The fourth-order valence-electron chi connectivity index (χ4n) is 0.560. The molecule has 0 saturated carbocycles. The molecule has 8 heavy (non-hydrogen) atoms. The molecule has 50 valence electrons. The smallest absolute Gasteiger partial charge is 0.0946 e. The minimum Gasteiger partial charge on any atom is -0.389 e. The standard InChI is InChI=1S/C4H9NO2.ClH/c5-3-1-7-2-4(3)6;/h3-4,6H,1-2,5H2;1H/t3-,4+;/m0./s1. The summed E-state index contributed by atoms with van der Waals surface area (Å²) in [6, 6.07) is -0.153. The number of hydrogen-bond donors (Lipinski definition) is 2. The van der Waals surface area contributed by atoms with E-state index in [9.17, 15) is 0 Å².